The number of fused-ring (bicyclic) bond motifs is 4. The molecule has 0 bridgehead atoms. The summed E-state index contributed by atoms with van der Waals surface area (Å²) in [4.78, 5) is 9.60. The molecule has 0 radical (unpaired) electrons. The number of imidazole rings is 1. The van der Waals surface area contributed by atoms with Gasteiger partial charge in [0.15, 0.2) is 0 Å². The first-order chi connectivity index (χ1) is 27.0. The number of para-hydroxylation sites is 2. The van der Waals surface area contributed by atoms with Gasteiger partial charge in [0.25, 0.3) is 6.33 Å². The third kappa shape index (κ3) is 7.34. The van der Waals surface area contributed by atoms with Crippen LogP contribution in [0.1, 0.15) is 98.4 Å². The Kier molecular flexibility index (Phi) is 9.38. The van der Waals surface area contributed by atoms with E-state index in [2.05, 4.69) is 187 Å². The Hall–Kier alpha value is -5.75. The van der Waals surface area contributed by atoms with Crippen molar-refractivity contribution in [3.05, 3.63) is 144 Å². The minimum Gasteiger partial charge on any atom is -0.456 e. The highest BCUT2D eigenvalue weighted by Gasteiger charge is 2.24. The Bertz CT molecular complexity index is 2750. The van der Waals surface area contributed by atoms with Gasteiger partial charge in [-0.25, -0.2) is 4.98 Å². The van der Waals surface area contributed by atoms with Crippen molar-refractivity contribution in [2.24, 2.45) is 5.92 Å². The summed E-state index contributed by atoms with van der Waals surface area (Å²) in [6.45, 7) is 25.0. The Morgan fingerprint density at radius 3 is 2.07 bits per heavy atom. The molecule has 0 amide bonds. The monoisotopic (exact) mass is 753 g/mol. The van der Waals surface area contributed by atoms with E-state index in [9.17, 15) is 0 Å². The number of nitrogens with zero attached hydrogens (tertiary/aromatic N) is 5. The van der Waals surface area contributed by atoms with Gasteiger partial charge >= 0.3 is 0 Å². The Balaban J connectivity index is 1.25. The van der Waals surface area contributed by atoms with Crippen LogP contribution in [0.5, 0.6) is 11.5 Å². The topological polar surface area (TPSA) is 48.8 Å². The van der Waals surface area contributed by atoms with Crippen molar-refractivity contribution < 1.29 is 9.30 Å². The molecule has 0 aliphatic heterocycles. The highest BCUT2D eigenvalue weighted by Crippen LogP contribution is 2.37. The number of pyridine rings is 2. The standard InChI is InChI=1S/C51H55N5O/c1-33(2)23-34-15-14-18-45-48(34)55(32-54(45)38-25-36(50(6,7)8)24-37(26-38)51(9,10)11)39-28-41(31-52-30-39)57-40-19-20-43-42-16-12-13-17-44(42)56(46(43)29-40)47-27-35(21-22-53-47)49(3,4)5/h12-22,24-31,33H,23H2,1-11H3. The van der Waals surface area contributed by atoms with Crippen molar-refractivity contribution in [2.45, 2.75) is 98.8 Å². The predicted molar refractivity (Wildman–Crippen MR) is 235 cm³/mol. The summed E-state index contributed by atoms with van der Waals surface area (Å²) in [7, 11) is 0. The van der Waals surface area contributed by atoms with E-state index < -0.39 is 0 Å². The lowest BCUT2D eigenvalue weighted by molar-refractivity contribution is -0.572. The Morgan fingerprint density at radius 2 is 1.37 bits per heavy atom. The average Bonchev–Trinajstić information content (AvgIpc) is 3.70. The van der Waals surface area contributed by atoms with Crippen LogP contribution < -0.4 is 9.30 Å². The molecule has 0 spiro atoms. The lowest BCUT2D eigenvalue weighted by Gasteiger charge is -2.26. The van der Waals surface area contributed by atoms with E-state index in [0.717, 1.165) is 56.8 Å². The number of rotatable bonds is 7. The molecular weight excluding hydrogens is 699 g/mol. The highest BCUT2D eigenvalue weighted by molar-refractivity contribution is 6.09. The lowest BCUT2D eigenvalue weighted by Crippen LogP contribution is -2.31. The molecule has 0 fully saturated rings. The average molecular weight is 754 g/mol. The quantitative estimate of drug-likeness (QED) is 0.120. The molecule has 0 saturated heterocycles. The van der Waals surface area contributed by atoms with Crippen LogP contribution in [-0.2, 0) is 22.7 Å². The fraction of sp³-hybridized carbons (Fsp3) is 0.314. The molecule has 0 atom stereocenters. The predicted octanol–water partition coefficient (Wildman–Crippen LogP) is 12.5. The smallest absolute Gasteiger partial charge is 0.269 e. The van der Waals surface area contributed by atoms with E-state index in [-0.39, 0.29) is 16.2 Å². The van der Waals surface area contributed by atoms with E-state index in [1.807, 2.05) is 18.5 Å². The molecular formula is C51H55N5O. The van der Waals surface area contributed by atoms with Gasteiger partial charge in [-0.2, -0.15) is 0 Å². The van der Waals surface area contributed by atoms with Gasteiger partial charge in [-0.05, 0) is 99.4 Å². The maximum absolute atomic E-state index is 6.69. The zero-order valence-corrected chi connectivity index (χ0v) is 35.4. The SMILES string of the molecule is CC(C)Cc1cccc2c1n(-c1cncc(Oc3ccc4c5ccccc5n(-c5cc(C(C)(C)C)ccn5)c4c3)c1)[c-][n+]2-c1cc(C(C)(C)C)cc(C(C)(C)C)c1. The molecule has 0 unspecified atom stereocenters. The molecule has 0 aliphatic carbocycles. The number of hydrogen-bond donors (Lipinski definition) is 0. The minimum absolute atomic E-state index is 0.00807. The van der Waals surface area contributed by atoms with Crippen molar-refractivity contribution in [2.75, 3.05) is 0 Å². The Morgan fingerprint density at radius 1 is 0.667 bits per heavy atom. The third-order valence-electron chi connectivity index (χ3n) is 11.0. The largest absolute Gasteiger partial charge is 0.456 e. The van der Waals surface area contributed by atoms with Crippen LogP contribution in [0.2, 0.25) is 0 Å². The minimum atomic E-state index is -0.0162. The maximum atomic E-state index is 6.69. The third-order valence-corrected chi connectivity index (χ3v) is 11.0. The summed E-state index contributed by atoms with van der Waals surface area (Å²) in [5.41, 5.74) is 11.4. The summed E-state index contributed by atoms with van der Waals surface area (Å²) in [6, 6.07) is 34.9. The molecule has 8 aromatic rings. The second kappa shape index (κ2) is 14.0. The van der Waals surface area contributed by atoms with Crippen molar-refractivity contribution in [3.63, 3.8) is 0 Å². The van der Waals surface area contributed by atoms with Gasteiger partial charge in [0.05, 0.1) is 39.6 Å². The maximum Gasteiger partial charge on any atom is 0.269 e. The molecule has 4 aromatic carbocycles. The van der Waals surface area contributed by atoms with Crippen LogP contribution >= 0.6 is 0 Å². The number of aromatic nitrogens is 5. The van der Waals surface area contributed by atoms with Crippen LogP contribution in [0, 0.1) is 12.2 Å². The fourth-order valence-electron chi connectivity index (χ4n) is 7.80. The van der Waals surface area contributed by atoms with E-state index >= 15 is 0 Å². The van der Waals surface area contributed by atoms with Gasteiger partial charge in [0, 0.05) is 29.2 Å². The molecule has 6 heteroatoms. The molecule has 6 nitrogen and oxygen atoms in total. The van der Waals surface area contributed by atoms with E-state index in [1.54, 1.807) is 6.20 Å². The first kappa shape index (κ1) is 38.1. The van der Waals surface area contributed by atoms with Crippen molar-refractivity contribution in [1.82, 2.24) is 19.1 Å². The van der Waals surface area contributed by atoms with Crippen molar-refractivity contribution >= 4 is 32.8 Å². The summed E-state index contributed by atoms with van der Waals surface area (Å²) in [6.07, 6.45) is 10.3. The van der Waals surface area contributed by atoms with Crippen LogP contribution in [0.3, 0.4) is 0 Å². The van der Waals surface area contributed by atoms with Crippen molar-refractivity contribution in [3.8, 4) is 28.7 Å². The molecule has 0 aliphatic rings. The first-order valence-electron chi connectivity index (χ1n) is 20.2. The van der Waals surface area contributed by atoms with Gasteiger partial charge in [-0.3, -0.25) is 18.7 Å². The molecule has 57 heavy (non-hydrogen) atoms. The Labute approximate surface area is 337 Å². The number of ether oxygens (including phenoxy) is 1. The van der Waals surface area contributed by atoms with E-state index in [4.69, 9.17) is 14.7 Å². The van der Waals surface area contributed by atoms with Gasteiger partial charge in [0.1, 0.15) is 17.3 Å². The number of hydrogen-bond acceptors (Lipinski definition) is 3. The van der Waals surface area contributed by atoms with Crippen LogP contribution in [-0.4, -0.2) is 19.1 Å². The zero-order valence-electron chi connectivity index (χ0n) is 35.4. The lowest BCUT2D eigenvalue weighted by atomic mass is 9.80. The van der Waals surface area contributed by atoms with Crippen molar-refractivity contribution in [1.29, 1.82) is 0 Å². The second-order valence-corrected chi connectivity index (χ2v) is 19.1. The molecule has 0 saturated carbocycles. The summed E-state index contributed by atoms with van der Waals surface area (Å²) in [5.74, 6) is 2.74. The molecule has 8 rings (SSSR count). The second-order valence-electron chi connectivity index (χ2n) is 19.1. The number of benzene rings is 4. The van der Waals surface area contributed by atoms with E-state index in [0.29, 0.717) is 11.7 Å². The normalized spacial score (nSPS) is 12.7. The summed E-state index contributed by atoms with van der Waals surface area (Å²) < 4.78 is 13.3. The van der Waals surface area contributed by atoms with Gasteiger partial charge in [-0.1, -0.05) is 119 Å². The summed E-state index contributed by atoms with van der Waals surface area (Å²) >= 11 is 0. The van der Waals surface area contributed by atoms with Gasteiger partial charge < -0.3 is 4.74 Å². The zero-order chi connectivity index (χ0) is 40.4. The fourth-order valence-corrected chi connectivity index (χ4v) is 7.80. The van der Waals surface area contributed by atoms with Gasteiger partial charge in [0.2, 0.25) is 0 Å². The summed E-state index contributed by atoms with van der Waals surface area (Å²) in [5, 5.41) is 2.32. The highest BCUT2D eigenvalue weighted by atomic mass is 16.5. The molecule has 4 aromatic heterocycles. The van der Waals surface area contributed by atoms with Crippen LogP contribution in [0.15, 0.2) is 116 Å². The van der Waals surface area contributed by atoms with Crippen LogP contribution in [0.25, 0.3) is 50.0 Å². The van der Waals surface area contributed by atoms with Gasteiger partial charge in [-0.15, -0.1) is 0 Å². The first-order valence-corrected chi connectivity index (χ1v) is 20.2. The molecule has 0 N–H and O–H groups in total. The molecule has 4 heterocycles. The van der Waals surface area contributed by atoms with Crippen LogP contribution in [0.4, 0.5) is 0 Å². The van der Waals surface area contributed by atoms with E-state index in [1.165, 1.54) is 27.6 Å². The molecule has 290 valence electrons.